The number of hydrogen-bond donors (Lipinski definition) is 0. The second-order valence-electron chi connectivity index (χ2n) is 3.32. The topological polar surface area (TPSA) is 34.5 Å². The molecule has 1 aromatic heterocycles. The van der Waals surface area contributed by atoms with Gasteiger partial charge < -0.3 is 4.74 Å². The lowest BCUT2D eigenvalue weighted by Crippen LogP contribution is -1.96. The van der Waals surface area contributed by atoms with E-state index in [-0.39, 0.29) is 0 Å². The molecule has 1 aliphatic heterocycles. The van der Waals surface area contributed by atoms with Crippen molar-refractivity contribution >= 4 is 23.6 Å². The van der Waals surface area contributed by atoms with Gasteiger partial charge in [0.2, 0.25) is 5.90 Å². The number of methoxy groups -OCH3 is 1. The predicted octanol–water partition coefficient (Wildman–Crippen LogP) is 2.62. The number of aliphatic imine (C=N–C) groups is 1. The number of pyridine rings is 1. The SMILES string of the molecule is COC1=NCc2c(C)cc(Cl)nc2C=C1. The van der Waals surface area contributed by atoms with Crippen molar-refractivity contribution < 1.29 is 4.74 Å². The molecule has 1 aliphatic rings. The minimum Gasteiger partial charge on any atom is -0.481 e. The lowest BCUT2D eigenvalue weighted by atomic mass is 10.1. The third kappa shape index (κ3) is 2.02. The molecule has 0 bridgehead atoms. The molecule has 0 amide bonds. The van der Waals surface area contributed by atoms with Crippen LogP contribution in [0.1, 0.15) is 16.8 Å². The summed E-state index contributed by atoms with van der Waals surface area (Å²) >= 11 is 5.89. The van der Waals surface area contributed by atoms with Crippen molar-refractivity contribution in [3.05, 3.63) is 34.1 Å². The van der Waals surface area contributed by atoms with Crippen LogP contribution < -0.4 is 0 Å². The molecule has 0 saturated carbocycles. The van der Waals surface area contributed by atoms with Gasteiger partial charge in [0.05, 0.1) is 19.3 Å². The molecule has 0 radical (unpaired) electrons. The molecule has 0 fully saturated rings. The highest BCUT2D eigenvalue weighted by molar-refractivity contribution is 6.29. The predicted molar refractivity (Wildman–Crippen MR) is 61.2 cm³/mol. The summed E-state index contributed by atoms with van der Waals surface area (Å²) < 4.78 is 5.07. The fourth-order valence-electron chi connectivity index (χ4n) is 1.52. The normalized spacial score (nSPS) is 14.2. The van der Waals surface area contributed by atoms with Crippen molar-refractivity contribution in [2.45, 2.75) is 13.5 Å². The zero-order chi connectivity index (χ0) is 10.8. The van der Waals surface area contributed by atoms with Gasteiger partial charge in [-0.2, -0.15) is 0 Å². The van der Waals surface area contributed by atoms with E-state index >= 15 is 0 Å². The van der Waals surface area contributed by atoms with E-state index in [9.17, 15) is 0 Å². The van der Waals surface area contributed by atoms with Crippen LogP contribution in [0.2, 0.25) is 5.15 Å². The quantitative estimate of drug-likeness (QED) is 0.633. The van der Waals surface area contributed by atoms with Crippen LogP contribution in [0.5, 0.6) is 0 Å². The third-order valence-corrected chi connectivity index (χ3v) is 2.53. The minimum atomic E-state index is 0.511. The Morgan fingerprint density at radius 1 is 1.40 bits per heavy atom. The third-order valence-electron chi connectivity index (χ3n) is 2.33. The molecule has 4 heteroatoms. The highest BCUT2D eigenvalue weighted by Gasteiger charge is 2.10. The Balaban J connectivity index is 2.50. The Morgan fingerprint density at radius 2 is 2.20 bits per heavy atom. The zero-order valence-corrected chi connectivity index (χ0v) is 9.38. The van der Waals surface area contributed by atoms with Gasteiger partial charge in [-0.05, 0) is 24.6 Å². The highest BCUT2D eigenvalue weighted by atomic mass is 35.5. The summed E-state index contributed by atoms with van der Waals surface area (Å²) in [7, 11) is 1.60. The molecule has 0 unspecified atom stereocenters. The number of halogens is 1. The maximum Gasteiger partial charge on any atom is 0.208 e. The summed E-state index contributed by atoms with van der Waals surface area (Å²) in [5.74, 6) is 0.614. The number of rotatable bonds is 0. The lowest BCUT2D eigenvalue weighted by molar-refractivity contribution is 0.405. The van der Waals surface area contributed by atoms with Gasteiger partial charge in [0.1, 0.15) is 5.15 Å². The molecule has 0 aromatic carbocycles. The highest BCUT2D eigenvalue weighted by Crippen LogP contribution is 2.21. The van der Waals surface area contributed by atoms with Crippen LogP contribution in [-0.4, -0.2) is 18.0 Å². The standard InChI is InChI=1S/C11H11ClN2O/c1-7-5-10(12)14-9-3-4-11(15-2)13-6-8(7)9/h3-5H,6H2,1-2H3. The molecular formula is C11H11ClN2O. The Hall–Kier alpha value is -1.35. The van der Waals surface area contributed by atoms with Crippen molar-refractivity contribution in [3.8, 4) is 0 Å². The van der Waals surface area contributed by atoms with Crippen LogP contribution in [0.3, 0.4) is 0 Å². The van der Waals surface area contributed by atoms with Gasteiger partial charge in [-0.1, -0.05) is 11.6 Å². The summed E-state index contributed by atoms with van der Waals surface area (Å²) in [6.07, 6.45) is 3.68. The number of fused-ring (bicyclic) bond motifs is 1. The van der Waals surface area contributed by atoms with E-state index < -0.39 is 0 Å². The molecule has 0 N–H and O–H groups in total. The minimum absolute atomic E-state index is 0.511. The zero-order valence-electron chi connectivity index (χ0n) is 8.62. The largest absolute Gasteiger partial charge is 0.481 e. The fourth-order valence-corrected chi connectivity index (χ4v) is 1.77. The first-order valence-corrected chi connectivity index (χ1v) is 5.01. The van der Waals surface area contributed by atoms with Gasteiger partial charge in [-0.15, -0.1) is 0 Å². The first kappa shape index (κ1) is 10.2. The molecule has 3 nitrogen and oxygen atoms in total. The molecule has 0 spiro atoms. The van der Waals surface area contributed by atoms with Crippen molar-refractivity contribution in [2.24, 2.45) is 4.99 Å². The first-order valence-electron chi connectivity index (χ1n) is 4.63. The maximum absolute atomic E-state index is 5.89. The molecule has 2 heterocycles. The molecule has 78 valence electrons. The van der Waals surface area contributed by atoms with E-state index in [1.54, 1.807) is 13.2 Å². The molecular weight excluding hydrogens is 212 g/mol. The maximum atomic E-state index is 5.89. The van der Waals surface area contributed by atoms with Crippen LogP contribution in [0.15, 0.2) is 17.1 Å². The number of aryl methyl sites for hydroxylation is 1. The van der Waals surface area contributed by atoms with Gasteiger partial charge in [0, 0.05) is 11.6 Å². The van der Waals surface area contributed by atoms with E-state index in [0.29, 0.717) is 17.6 Å². The molecule has 1 aromatic rings. The molecule has 0 aliphatic carbocycles. The van der Waals surface area contributed by atoms with E-state index in [4.69, 9.17) is 16.3 Å². The average molecular weight is 223 g/mol. The summed E-state index contributed by atoms with van der Waals surface area (Å²) in [6.45, 7) is 2.59. The molecule has 2 rings (SSSR count). The van der Waals surface area contributed by atoms with Crippen LogP contribution in [0.25, 0.3) is 6.08 Å². The number of nitrogens with zero attached hydrogens (tertiary/aromatic N) is 2. The molecule has 15 heavy (non-hydrogen) atoms. The monoisotopic (exact) mass is 222 g/mol. The van der Waals surface area contributed by atoms with E-state index in [0.717, 1.165) is 16.8 Å². The van der Waals surface area contributed by atoms with Gasteiger partial charge >= 0.3 is 0 Å². The summed E-state index contributed by atoms with van der Waals surface area (Å²) in [5, 5.41) is 0.511. The van der Waals surface area contributed by atoms with Crippen molar-refractivity contribution in [1.29, 1.82) is 0 Å². The summed E-state index contributed by atoms with van der Waals surface area (Å²) in [6, 6.07) is 1.85. The van der Waals surface area contributed by atoms with Gasteiger partial charge in [-0.25, -0.2) is 9.98 Å². The van der Waals surface area contributed by atoms with Crippen LogP contribution >= 0.6 is 11.6 Å². The second kappa shape index (κ2) is 4.03. The number of aromatic nitrogens is 1. The second-order valence-corrected chi connectivity index (χ2v) is 3.70. The Bertz CT molecular complexity index is 452. The summed E-state index contributed by atoms with van der Waals surface area (Å²) in [5.41, 5.74) is 3.08. The van der Waals surface area contributed by atoms with Gasteiger partial charge in [0.15, 0.2) is 0 Å². The van der Waals surface area contributed by atoms with Crippen LogP contribution in [0, 0.1) is 6.92 Å². The van der Waals surface area contributed by atoms with Gasteiger partial charge in [0.25, 0.3) is 0 Å². The lowest BCUT2D eigenvalue weighted by Gasteiger charge is -2.05. The Labute approximate surface area is 93.5 Å². The van der Waals surface area contributed by atoms with E-state index in [1.165, 1.54) is 0 Å². The summed E-state index contributed by atoms with van der Waals surface area (Å²) in [4.78, 5) is 8.55. The van der Waals surface area contributed by atoms with Gasteiger partial charge in [-0.3, -0.25) is 0 Å². The first-order chi connectivity index (χ1) is 7.20. The van der Waals surface area contributed by atoms with Crippen LogP contribution in [0.4, 0.5) is 0 Å². The van der Waals surface area contributed by atoms with E-state index in [1.807, 2.05) is 19.1 Å². The number of hydrogen-bond acceptors (Lipinski definition) is 3. The average Bonchev–Trinajstić information content (AvgIpc) is 2.40. The fraction of sp³-hybridized carbons (Fsp3) is 0.273. The van der Waals surface area contributed by atoms with Crippen molar-refractivity contribution in [3.63, 3.8) is 0 Å². The van der Waals surface area contributed by atoms with Crippen LogP contribution in [-0.2, 0) is 11.3 Å². The Kier molecular flexibility index (Phi) is 2.73. The number of ether oxygens (including phenoxy) is 1. The molecule has 0 atom stereocenters. The van der Waals surface area contributed by atoms with Crippen molar-refractivity contribution in [1.82, 2.24) is 4.98 Å². The molecule has 0 saturated heterocycles. The Morgan fingerprint density at radius 3 is 2.93 bits per heavy atom. The van der Waals surface area contributed by atoms with E-state index in [2.05, 4.69) is 9.98 Å². The smallest absolute Gasteiger partial charge is 0.208 e. The van der Waals surface area contributed by atoms with Crippen molar-refractivity contribution in [2.75, 3.05) is 7.11 Å².